The Morgan fingerprint density at radius 2 is 1.48 bits per heavy atom. The van der Waals surface area contributed by atoms with E-state index in [0.717, 1.165) is 5.56 Å². The molecular formula is C16H16FNO3. The first-order chi connectivity index (χ1) is 10.2. The van der Waals surface area contributed by atoms with Crippen molar-refractivity contribution < 1.29 is 18.6 Å². The summed E-state index contributed by atoms with van der Waals surface area (Å²) in [6.45, 7) is 0. The number of benzene rings is 2. The third-order valence-corrected chi connectivity index (χ3v) is 2.88. The first-order valence-corrected chi connectivity index (χ1v) is 6.27. The van der Waals surface area contributed by atoms with Gasteiger partial charge in [-0.15, -0.1) is 0 Å². The molecular weight excluding hydrogens is 273 g/mol. The zero-order chi connectivity index (χ0) is 15.2. The molecule has 0 aliphatic rings. The quantitative estimate of drug-likeness (QED) is 0.790. The smallest absolute Gasteiger partial charge is 0.203 e. The lowest BCUT2D eigenvalue weighted by molar-refractivity contribution is 0.324. The summed E-state index contributed by atoms with van der Waals surface area (Å²) in [5.41, 5.74) is 1.44. The minimum absolute atomic E-state index is 0.290. The molecule has 0 amide bonds. The molecule has 0 spiro atoms. The zero-order valence-electron chi connectivity index (χ0n) is 12.1. The Balaban J connectivity index is 2.33. The molecule has 0 N–H and O–H groups in total. The van der Waals surface area contributed by atoms with Crippen LogP contribution in [0.2, 0.25) is 0 Å². The molecule has 2 aromatic carbocycles. The lowest BCUT2D eigenvalue weighted by Gasteiger charge is -2.12. The highest BCUT2D eigenvalue weighted by atomic mass is 19.1. The Kier molecular flexibility index (Phi) is 4.77. The fourth-order valence-electron chi connectivity index (χ4n) is 1.85. The lowest BCUT2D eigenvalue weighted by Crippen LogP contribution is -1.96. The molecule has 0 bridgehead atoms. The van der Waals surface area contributed by atoms with Gasteiger partial charge in [0.2, 0.25) is 5.75 Å². The Morgan fingerprint density at radius 1 is 0.905 bits per heavy atom. The number of halogens is 1. The van der Waals surface area contributed by atoms with E-state index in [1.165, 1.54) is 12.1 Å². The Labute approximate surface area is 122 Å². The number of hydrogen-bond acceptors (Lipinski definition) is 4. The van der Waals surface area contributed by atoms with Gasteiger partial charge in [-0.05, 0) is 36.4 Å². The third-order valence-electron chi connectivity index (χ3n) is 2.88. The van der Waals surface area contributed by atoms with Gasteiger partial charge in [-0.1, -0.05) is 0 Å². The van der Waals surface area contributed by atoms with Gasteiger partial charge in [0.25, 0.3) is 0 Å². The van der Waals surface area contributed by atoms with Crippen molar-refractivity contribution in [2.24, 2.45) is 4.99 Å². The first-order valence-electron chi connectivity index (χ1n) is 6.27. The van der Waals surface area contributed by atoms with Crippen molar-refractivity contribution in [1.29, 1.82) is 0 Å². The summed E-state index contributed by atoms with van der Waals surface area (Å²) < 4.78 is 28.6. The fourth-order valence-corrected chi connectivity index (χ4v) is 1.85. The average Bonchev–Trinajstić information content (AvgIpc) is 2.53. The summed E-state index contributed by atoms with van der Waals surface area (Å²) in [6.07, 6.45) is 1.65. The van der Waals surface area contributed by atoms with Crippen molar-refractivity contribution in [1.82, 2.24) is 0 Å². The van der Waals surface area contributed by atoms with Gasteiger partial charge in [0.15, 0.2) is 11.5 Å². The van der Waals surface area contributed by atoms with Crippen LogP contribution in [0.5, 0.6) is 17.2 Å². The summed E-state index contributed by atoms with van der Waals surface area (Å²) >= 11 is 0. The van der Waals surface area contributed by atoms with Crippen LogP contribution in [0.25, 0.3) is 0 Å². The molecule has 0 atom stereocenters. The van der Waals surface area contributed by atoms with Crippen LogP contribution in [0, 0.1) is 5.82 Å². The van der Waals surface area contributed by atoms with Crippen LogP contribution in [0.3, 0.4) is 0 Å². The van der Waals surface area contributed by atoms with Crippen molar-refractivity contribution in [3.05, 3.63) is 47.8 Å². The van der Waals surface area contributed by atoms with Crippen LogP contribution in [0.4, 0.5) is 10.1 Å². The maximum atomic E-state index is 12.8. The van der Waals surface area contributed by atoms with Crippen molar-refractivity contribution >= 4 is 11.9 Å². The number of rotatable bonds is 5. The van der Waals surface area contributed by atoms with Crippen molar-refractivity contribution in [2.45, 2.75) is 0 Å². The summed E-state index contributed by atoms with van der Waals surface area (Å²) in [4.78, 5) is 4.28. The van der Waals surface area contributed by atoms with Crippen molar-refractivity contribution in [2.75, 3.05) is 21.3 Å². The second kappa shape index (κ2) is 6.74. The molecule has 0 radical (unpaired) electrons. The third kappa shape index (κ3) is 3.51. The van der Waals surface area contributed by atoms with Gasteiger partial charge in [-0.25, -0.2) is 4.39 Å². The van der Waals surface area contributed by atoms with Crippen LogP contribution in [0.1, 0.15) is 5.56 Å². The van der Waals surface area contributed by atoms with E-state index in [-0.39, 0.29) is 5.82 Å². The molecule has 0 saturated heterocycles. The molecule has 110 valence electrons. The SMILES string of the molecule is COc1cc(C=Nc2ccc(F)cc2)cc(OC)c1OC. The standard InChI is InChI=1S/C16H16FNO3/c1-19-14-8-11(9-15(20-2)16(14)21-3)10-18-13-6-4-12(17)5-7-13/h4-10H,1-3H3. The number of aliphatic imine (C=N–C) groups is 1. The van der Waals surface area contributed by atoms with E-state index in [9.17, 15) is 4.39 Å². The minimum Gasteiger partial charge on any atom is -0.493 e. The second-order valence-corrected chi connectivity index (χ2v) is 4.19. The zero-order valence-corrected chi connectivity index (χ0v) is 12.1. The maximum Gasteiger partial charge on any atom is 0.203 e. The minimum atomic E-state index is -0.290. The predicted molar refractivity (Wildman–Crippen MR) is 79.8 cm³/mol. The number of hydrogen-bond donors (Lipinski definition) is 0. The molecule has 4 nitrogen and oxygen atoms in total. The van der Waals surface area contributed by atoms with Crippen LogP contribution in [0.15, 0.2) is 41.4 Å². The van der Waals surface area contributed by atoms with Gasteiger partial charge in [0.1, 0.15) is 5.82 Å². The highest BCUT2D eigenvalue weighted by Crippen LogP contribution is 2.37. The highest BCUT2D eigenvalue weighted by Gasteiger charge is 2.12. The van der Waals surface area contributed by atoms with E-state index < -0.39 is 0 Å². The molecule has 5 heteroatoms. The largest absolute Gasteiger partial charge is 0.493 e. The number of ether oxygens (including phenoxy) is 3. The lowest BCUT2D eigenvalue weighted by atomic mass is 10.2. The van der Waals surface area contributed by atoms with Gasteiger partial charge >= 0.3 is 0 Å². The molecule has 0 aromatic heterocycles. The molecule has 0 saturated carbocycles. The summed E-state index contributed by atoms with van der Waals surface area (Å²) in [7, 11) is 4.66. The van der Waals surface area contributed by atoms with Crippen LogP contribution < -0.4 is 14.2 Å². The Morgan fingerprint density at radius 3 is 1.95 bits per heavy atom. The van der Waals surface area contributed by atoms with Gasteiger partial charge in [0, 0.05) is 11.8 Å². The van der Waals surface area contributed by atoms with Crippen LogP contribution >= 0.6 is 0 Å². The van der Waals surface area contributed by atoms with Gasteiger partial charge in [-0.2, -0.15) is 0 Å². The summed E-state index contributed by atoms with van der Waals surface area (Å²) in [5, 5.41) is 0. The number of methoxy groups -OCH3 is 3. The van der Waals surface area contributed by atoms with Crippen LogP contribution in [-0.4, -0.2) is 27.5 Å². The molecule has 0 unspecified atom stereocenters. The van der Waals surface area contributed by atoms with Crippen LogP contribution in [-0.2, 0) is 0 Å². The topological polar surface area (TPSA) is 40.0 Å². The second-order valence-electron chi connectivity index (χ2n) is 4.19. The molecule has 0 fully saturated rings. The Bertz CT molecular complexity index is 613. The summed E-state index contributed by atoms with van der Waals surface area (Å²) in [5.74, 6) is 1.34. The predicted octanol–water partition coefficient (Wildman–Crippen LogP) is 3.60. The Hall–Kier alpha value is -2.56. The van der Waals surface area contributed by atoms with E-state index >= 15 is 0 Å². The number of nitrogens with zero attached hydrogens (tertiary/aromatic N) is 1. The van der Waals surface area contributed by atoms with Gasteiger partial charge in [-0.3, -0.25) is 4.99 Å². The maximum absolute atomic E-state index is 12.8. The van der Waals surface area contributed by atoms with Gasteiger partial charge in [0.05, 0.1) is 27.0 Å². The fraction of sp³-hybridized carbons (Fsp3) is 0.188. The van der Waals surface area contributed by atoms with E-state index in [2.05, 4.69) is 4.99 Å². The summed E-state index contributed by atoms with van der Waals surface area (Å²) in [6, 6.07) is 9.50. The normalized spacial score (nSPS) is 10.7. The highest BCUT2D eigenvalue weighted by molar-refractivity contribution is 5.84. The molecule has 21 heavy (non-hydrogen) atoms. The average molecular weight is 289 g/mol. The van der Waals surface area contributed by atoms with Gasteiger partial charge < -0.3 is 14.2 Å². The van der Waals surface area contributed by atoms with E-state index in [0.29, 0.717) is 22.9 Å². The monoisotopic (exact) mass is 289 g/mol. The van der Waals surface area contributed by atoms with E-state index in [4.69, 9.17) is 14.2 Å². The van der Waals surface area contributed by atoms with E-state index in [1.54, 1.807) is 51.8 Å². The molecule has 0 aliphatic heterocycles. The molecule has 2 aromatic rings. The molecule has 2 rings (SSSR count). The molecule has 0 heterocycles. The first kappa shape index (κ1) is 14.8. The van der Waals surface area contributed by atoms with Crippen molar-refractivity contribution in [3.8, 4) is 17.2 Å². The van der Waals surface area contributed by atoms with E-state index in [1.807, 2.05) is 0 Å². The van der Waals surface area contributed by atoms with Crippen molar-refractivity contribution in [3.63, 3.8) is 0 Å². The molecule has 0 aliphatic carbocycles.